The number of carbonyl (C=O) groups excluding carboxylic acids is 1. The minimum Gasteiger partial charge on any atom is -0.348 e. The molecule has 1 amide bonds. The molecule has 3 aromatic rings. The first-order valence-electron chi connectivity index (χ1n) is 9.87. The van der Waals surface area contributed by atoms with Crippen LogP contribution in [0.5, 0.6) is 0 Å². The fourth-order valence-corrected chi connectivity index (χ4v) is 5.18. The molecule has 6 heteroatoms. The van der Waals surface area contributed by atoms with Crippen LogP contribution in [0.1, 0.15) is 48.7 Å². The molecule has 0 fully saturated rings. The van der Waals surface area contributed by atoms with E-state index < -0.39 is 0 Å². The van der Waals surface area contributed by atoms with Gasteiger partial charge in [0.2, 0.25) is 5.91 Å². The monoisotopic (exact) mass is 395 g/mol. The third-order valence-electron chi connectivity index (χ3n) is 5.25. The van der Waals surface area contributed by atoms with Crippen molar-refractivity contribution in [1.29, 1.82) is 0 Å². The maximum atomic E-state index is 13.0. The topological polar surface area (TPSA) is 64.0 Å². The lowest BCUT2D eigenvalue weighted by Crippen LogP contribution is -2.35. The normalized spacial score (nSPS) is 14.4. The largest absolute Gasteiger partial charge is 0.348 e. The predicted octanol–water partition coefficient (Wildman–Crippen LogP) is 3.85. The van der Waals surface area contributed by atoms with E-state index in [1.165, 1.54) is 15.8 Å². The molecule has 146 valence electrons. The van der Waals surface area contributed by atoms with Crippen molar-refractivity contribution in [2.75, 3.05) is 0 Å². The molecular formula is C22H25N3O2S. The number of rotatable bonds is 6. The number of aromatic nitrogens is 2. The van der Waals surface area contributed by atoms with Gasteiger partial charge in [0.1, 0.15) is 11.4 Å². The van der Waals surface area contributed by atoms with Crippen molar-refractivity contribution in [3.63, 3.8) is 0 Å². The number of thiophene rings is 1. The molecule has 2 heterocycles. The van der Waals surface area contributed by atoms with Gasteiger partial charge >= 0.3 is 0 Å². The molecule has 1 aromatic carbocycles. The van der Waals surface area contributed by atoms with Gasteiger partial charge in [-0.05, 0) is 42.7 Å². The van der Waals surface area contributed by atoms with Gasteiger partial charge in [0.15, 0.2) is 0 Å². The van der Waals surface area contributed by atoms with E-state index >= 15 is 0 Å². The Kier molecular flexibility index (Phi) is 5.31. The highest BCUT2D eigenvalue weighted by Crippen LogP contribution is 2.34. The zero-order valence-electron chi connectivity index (χ0n) is 16.3. The van der Waals surface area contributed by atoms with Crippen molar-refractivity contribution in [3.8, 4) is 0 Å². The zero-order valence-corrected chi connectivity index (χ0v) is 17.1. The van der Waals surface area contributed by atoms with Gasteiger partial charge in [-0.25, -0.2) is 4.98 Å². The predicted molar refractivity (Wildman–Crippen MR) is 113 cm³/mol. The molecule has 1 N–H and O–H groups in total. The smallest absolute Gasteiger partial charge is 0.262 e. The van der Waals surface area contributed by atoms with Gasteiger partial charge < -0.3 is 5.32 Å². The Morgan fingerprint density at radius 3 is 2.79 bits per heavy atom. The van der Waals surface area contributed by atoms with Crippen molar-refractivity contribution in [3.05, 3.63) is 63.0 Å². The van der Waals surface area contributed by atoms with Crippen LogP contribution >= 0.6 is 11.3 Å². The van der Waals surface area contributed by atoms with Gasteiger partial charge in [-0.1, -0.05) is 44.2 Å². The Morgan fingerprint density at radius 2 is 2.04 bits per heavy atom. The number of hydrogen-bond acceptors (Lipinski definition) is 4. The van der Waals surface area contributed by atoms with Crippen LogP contribution in [0.15, 0.2) is 41.5 Å². The molecule has 1 atom stereocenters. The first-order chi connectivity index (χ1) is 13.5. The fraction of sp³-hybridized carbons (Fsp3) is 0.409. The van der Waals surface area contributed by atoms with Crippen LogP contribution in [0.3, 0.4) is 0 Å². The Hall–Kier alpha value is -2.47. The summed E-state index contributed by atoms with van der Waals surface area (Å²) in [5, 5.41) is 3.83. The molecule has 1 aliphatic rings. The molecule has 0 unspecified atom stereocenters. The molecule has 0 aliphatic heterocycles. The van der Waals surface area contributed by atoms with Gasteiger partial charge in [0.25, 0.3) is 5.56 Å². The highest BCUT2D eigenvalue weighted by Gasteiger charge is 2.22. The highest BCUT2D eigenvalue weighted by atomic mass is 32.1. The van der Waals surface area contributed by atoms with E-state index in [1.807, 2.05) is 30.3 Å². The second-order valence-electron chi connectivity index (χ2n) is 7.88. The first-order valence-corrected chi connectivity index (χ1v) is 10.7. The Morgan fingerprint density at radius 1 is 1.25 bits per heavy atom. The lowest BCUT2D eigenvalue weighted by atomic mass is 9.97. The average Bonchev–Trinajstić information content (AvgIpc) is 3.25. The first kappa shape index (κ1) is 18.9. The summed E-state index contributed by atoms with van der Waals surface area (Å²) in [5.74, 6) is 0.282. The number of nitrogens with one attached hydrogen (secondary N) is 1. The lowest BCUT2D eigenvalue weighted by Gasteiger charge is -2.21. The molecule has 1 aliphatic carbocycles. The van der Waals surface area contributed by atoms with E-state index in [2.05, 4.69) is 24.1 Å². The van der Waals surface area contributed by atoms with Crippen LogP contribution in [-0.2, 0) is 24.2 Å². The number of amides is 1. The van der Waals surface area contributed by atoms with Crippen LogP contribution in [0, 0.1) is 5.92 Å². The summed E-state index contributed by atoms with van der Waals surface area (Å²) >= 11 is 1.62. The molecule has 5 nitrogen and oxygen atoms in total. The van der Waals surface area contributed by atoms with Gasteiger partial charge in [-0.3, -0.25) is 14.2 Å². The molecule has 0 saturated carbocycles. The third kappa shape index (κ3) is 3.74. The number of hydrogen-bond donors (Lipinski definition) is 1. The highest BCUT2D eigenvalue weighted by molar-refractivity contribution is 7.18. The number of aryl methyl sites for hydroxylation is 2. The molecule has 0 radical (unpaired) electrons. The zero-order chi connectivity index (χ0) is 19.7. The standard InChI is InChI=1S/C22H25N3O2S/c1-14(2)11-17(15-7-4-3-5-8-15)24-19(26)12-25-13-23-21-20(22(25)27)16-9-6-10-18(16)28-21/h3-5,7-8,13-14,17H,6,9-12H2,1-2H3,(H,24,26)/t17-/m1/s1. The molecule has 0 spiro atoms. The van der Waals surface area contributed by atoms with Gasteiger partial charge in [-0.2, -0.15) is 0 Å². The number of carbonyl (C=O) groups is 1. The summed E-state index contributed by atoms with van der Waals surface area (Å²) in [5.41, 5.74) is 2.13. The van der Waals surface area contributed by atoms with Crippen LogP contribution in [0.25, 0.3) is 10.2 Å². The van der Waals surface area contributed by atoms with E-state index in [9.17, 15) is 9.59 Å². The SMILES string of the molecule is CC(C)C[C@@H](NC(=O)Cn1cnc2sc3c(c2c1=O)CCC3)c1ccccc1. The summed E-state index contributed by atoms with van der Waals surface area (Å²) in [4.78, 5) is 32.2. The Labute approximate surface area is 168 Å². The van der Waals surface area contributed by atoms with Crippen LogP contribution in [0.4, 0.5) is 0 Å². The summed E-state index contributed by atoms with van der Waals surface area (Å²) < 4.78 is 1.44. The minimum atomic E-state index is -0.162. The maximum Gasteiger partial charge on any atom is 0.262 e. The molecule has 2 aromatic heterocycles. The molecule has 28 heavy (non-hydrogen) atoms. The van der Waals surface area contributed by atoms with Gasteiger partial charge in [0.05, 0.1) is 17.8 Å². The summed E-state index contributed by atoms with van der Waals surface area (Å²) in [6.45, 7) is 4.27. The fourth-order valence-electron chi connectivity index (χ4n) is 3.96. The Balaban J connectivity index is 1.56. The Bertz CT molecular complexity index is 1050. The second-order valence-corrected chi connectivity index (χ2v) is 8.96. The van der Waals surface area contributed by atoms with E-state index in [1.54, 1.807) is 11.3 Å². The van der Waals surface area contributed by atoms with E-state index in [0.29, 0.717) is 5.92 Å². The molecule has 4 rings (SSSR count). The summed E-state index contributed by atoms with van der Waals surface area (Å²) in [6, 6.07) is 9.93. The van der Waals surface area contributed by atoms with Crippen molar-refractivity contribution in [2.24, 2.45) is 5.92 Å². The van der Waals surface area contributed by atoms with Crippen molar-refractivity contribution >= 4 is 27.5 Å². The van der Waals surface area contributed by atoms with Gasteiger partial charge in [0, 0.05) is 4.88 Å². The van der Waals surface area contributed by atoms with Gasteiger partial charge in [-0.15, -0.1) is 11.3 Å². The van der Waals surface area contributed by atoms with Crippen LogP contribution < -0.4 is 10.9 Å². The second kappa shape index (κ2) is 7.87. The van der Waals surface area contributed by atoms with Crippen molar-refractivity contribution < 1.29 is 4.79 Å². The molecular weight excluding hydrogens is 370 g/mol. The van der Waals surface area contributed by atoms with E-state index in [4.69, 9.17) is 0 Å². The molecule has 0 bridgehead atoms. The molecule has 0 saturated heterocycles. The maximum absolute atomic E-state index is 13.0. The number of benzene rings is 1. The quantitative estimate of drug-likeness (QED) is 0.689. The van der Waals surface area contributed by atoms with Crippen LogP contribution in [-0.4, -0.2) is 15.5 Å². The number of fused-ring (bicyclic) bond motifs is 3. The van der Waals surface area contributed by atoms with E-state index in [-0.39, 0.29) is 24.1 Å². The van der Waals surface area contributed by atoms with Crippen LogP contribution in [0.2, 0.25) is 0 Å². The summed E-state index contributed by atoms with van der Waals surface area (Å²) in [7, 11) is 0. The minimum absolute atomic E-state index is 0.00613. The lowest BCUT2D eigenvalue weighted by molar-refractivity contribution is -0.122. The van der Waals surface area contributed by atoms with Crippen molar-refractivity contribution in [1.82, 2.24) is 14.9 Å². The average molecular weight is 396 g/mol. The van der Waals surface area contributed by atoms with Crippen molar-refractivity contribution in [2.45, 2.75) is 52.1 Å². The third-order valence-corrected chi connectivity index (χ3v) is 6.45. The van der Waals surface area contributed by atoms with E-state index in [0.717, 1.165) is 47.0 Å². The summed E-state index contributed by atoms with van der Waals surface area (Å²) in [6.07, 6.45) is 5.42. The number of nitrogens with zero attached hydrogens (tertiary/aromatic N) is 2.